The Morgan fingerprint density at radius 3 is 0.833 bits per heavy atom. The van der Waals surface area contributed by atoms with Gasteiger partial charge in [0.15, 0.2) is 0 Å². The molecule has 0 fully saturated rings. The molecule has 0 amide bonds. The van der Waals surface area contributed by atoms with Crippen LogP contribution in [0.4, 0.5) is 0 Å². The first-order valence-corrected chi connectivity index (χ1v) is 11.2. The summed E-state index contributed by atoms with van der Waals surface area (Å²) in [6.45, 7) is 0. The quantitative estimate of drug-likeness (QED) is 0.419. The van der Waals surface area contributed by atoms with E-state index in [2.05, 4.69) is 0 Å². The molecule has 6 heavy (non-hydrogen) atoms. The zero-order valence-corrected chi connectivity index (χ0v) is 9.47. The molecule has 0 saturated carbocycles. The second kappa shape index (κ2) is 4.51. The molecule has 0 aromatic rings. The van der Waals surface area contributed by atoms with Gasteiger partial charge in [0.05, 0.1) is 0 Å². The Balaban J connectivity index is 0. The van der Waals surface area contributed by atoms with Crippen LogP contribution in [0.2, 0.25) is 0 Å². The van der Waals surface area contributed by atoms with Gasteiger partial charge in [0.2, 0.25) is 0 Å². The van der Waals surface area contributed by atoms with Crippen molar-refractivity contribution in [3.05, 3.63) is 0 Å². The molecule has 0 aliphatic rings. The van der Waals surface area contributed by atoms with Crippen molar-refractivity contribution in [1.82, 2.24) is 0 Å². The van der Waals surface area contributed by atoms with Crippen LogP contribution in [0.25, 0.3) is 0 Å². The van der Waals surface area contributed by atoms with Crippen LogP contribution in [-0.4, -0.2) is 0 Å². The number of hydrogen-bond acceptors (Lipinski definition) is 0. The molecule has 0 aliphatic carbocycles. The first-order chi connectivity index (χ1) is 2.00. The molecule has 0 nitrogen and oxygen atoms in total. The molecule has 0 aliphatic heterocycles. The van der Waals surface area contributed by atoms with Gasteiger partial charge in [-0.1, -0.05) is 0 Å². The van der Waals surface area contributed by atoms with E-state index in [-0.39, 0.29) is 22.4 Å². The van der Waals surface area contributed by atoms with Gasteiger partial charge < -0.3 is 0 Å². The van der Waals surface area contributed by atoms with Crippen LogP contribution in [0.5, 0.6) is 0 Å². The molecule has 0 unspecified atom stereocenters. The minimum absolute atomic E-state index is 0. The van der Waals surface area contributed by atoms with Crippen molar-refractivity contribution in [2.24, 2.45) is 0 Å². The second-order valence-electron chi connectivity index (χ2n) is 0.258. The predicted octanol–water partition coefficient (Wildman–Crippen LogP) is 2.75. The van der Waals surface area contributed by atoms with Crippen molar-refractivity contribution < 1.29 is 35.2 Å². The summed E-state index contributed by atoms with van der Waals surface area (Å²) < 4.78 is 0. The van der Waals surface area contributed by atoms with Crippen molar-refractivity contribution in [2.45, 2.75) is 0 Å². The third-order valence-corrected chi connectivity index (χ3v) is 0. The third kappa shape index (κ3) is 30.3. The van der Waals surface area contributed by atoms with Gasteiger partial charge in [0, 0.05) is 0 Å². The Morgan fingerprint density at radius 1 is 0.833 bits per heavy atom. The molecule has 0 heterocycles. The average Bonchev–Trinajstić information content (AvgIpc) is 0.722. The monoisotopic (exact) mass is 534 g/mol. The normalized spacial score (nSPS) is 12.7. The van der Waals surface area contributed by atoms with E-state index in [1.54, 1.807) is 0 Å². The Morgan fingerprint density at radius 2 is 0.833 bits per heavy atom. The molecule has 0 aromatic carbocycles. The minimum atomic E-state index is -3.00. The SMILES string of the molecule is [Au+].[Cl][Au-]([Cl])([Cl])[Cl]. The van der Waals surface area contributed by atoms with Gasteiger partial charge in [-0.2, -0.15) is 0 Å². The van der Waals surface area contributed by atoms with Crippen LogP contribution in [0, 0.1) is 0 Å². The average molecular weight is 536 g/mol. The van der Waals surface area contributed by atoms with Crippen LogP contribution in [0.15, 0.2) is 0 Å². The molecule has 0 radical (unpaired) electrons. The zero-order valence-electron chi connectivity index (χ0n) is 2.11. The Labute approximate surface area is 70.8 Å². The fourth-order valence-electron chi connectivity index (χ4n) is 0. The van der Waals surface area contributed by atoms with Gasteiger partial charge in [-0.25, -0.2) is 0 Å². The van der Waals surface area contributed by atoms with Crippen molar-refractivity contribution in [3.63, 3.8) is 0 Å². The first kappa shape index (κ1) is 11.4. The number of halogens is 4. The van der Waals surface area contributed by atoms with E-state index in [0.29, 0.717) is 0 Å². The van der Waals surface area contributed by atoms with E-state index < -0.39 is 12.8 Å². The van der Waals surface area contributed by atoms with E-state index in [1.165, 1.54) is 0 Å². The molecule has 50 valence electrons. The number of hydrogen-bond donors (Lipinski definition) is 0. The van der Waals surface area contributed by atoms with Gasteiger partial charge in [0.1, 0.15) is 0 Å². The topological polar surface area (TPSA) is 0 Å². The van der Waals surface area contributed by atoms with Crippen LogP contribution in [0.1, 0.15) is 0 Å². The van der Waals surface area contributed by atoms with E-state index in [1.807, 2.05) is 0 Å². The molecule has 0 spiro atoms. The van der Waals surface area contributed by atoms with Crippen molar-refractivity contribution in [3.8, 4) is 0 Å². The standard InChI is InChI=1S/2Au.4ClH/h;;4*1H/q+1;+3;;;;/p-4. The number of rotatable bonds is 0. The molecule has 0 N–H and O–H groups in total. The van der Waals surface area contributed by atoms with E-state index in [9.17, 15) is 0 Å². The summed E-state index contributed by atoms with van der Waals surface area (Å²) in [5.74, 6) is 0. The summed E-state index contributed by atoms with van der Waals surface area (Å²) >= 11 is -3.00. The molecular weight excluding hydrogens is 536 g/mol. The molecule has 6 heteroatoms. The first-order valence-electron chi connectivity index (χ1n) is 0.456. The van der Waals surface area contributed by atoms with E-state index >= 15 is 0 Å². The maximum atomic E-state index is 5.00. The maximum absolute atomic E-state index is 5.00. The zero-order chi connectivity index (χ0) is 4.50. The van der Waals surface area contributed by atoms with Gasteiger partial charge in [-0.15, -0.1) is 0 Å². The fraction of sp³-hybridized carbons (Fsp3) is 0. The molecule has 0 rings (SSSR count). The molecular formula is Au2Cl4. The van der Waals surface area contributed by atoms with Gasteiger partial charge >= 0.3 is 71.9 Å². The van der Waals surface area contributed by atoms with Crippen LogP contribution in [0.3, 0.4) is 0 Å². The molecule has 0 aromatic heterocycles. The van der Waals surface area contributed by atoms with Crippen LogP contribution in [-0.2, 0) is 35.2 Å². The van der Waals surface area contributed by atoms with Gasteiger partial charge in [-0.3, -0.25) is 0 Å². The van der Waals surface area contributed by atoms with Crippen molar-refractivity contribution in [1.29, 1.82) is 0 Å². The predicted molar refractivity (Wildman–Crippen MR) is 23.4 cm³/mol. The van der Waals surface area contributed by atoms with Gasteiger partial charge in [0.25, 0.3) is 0 Å². The molecule has 0 atom stereocenters. The Hall–Kier alpha value is 2.64. The summed E-state index contributed by atoms with van der Waals surface area (Å²) in [7, 11) is 20.0. The second-order valence-corrected chi connectivity index (χ2v) is 19.0. The van der Waals surface area contributed by atoms with Crippen LogP contribution >= 0.6 is 36.8 Å². The molecule has 0 saturated heterocycles. The Kier molecular flexibility index (Phi) is 8.60. The summed E-state index contributed by atoms with van der Waals surface area (Å²) in [5, 5.41) is 0. The third-order valence-electron chi connectivity index (χ3n) is 0. The molecule has 0 bridgehead atoms. The Bertz CT molecular complexity index is 21.0. The summed E-state index contributed by atoms with van der Waals surface area (Å²) in [6, 6.07) is 0. The van der Waals surface area contributed by atoms with Crippen LogP contribution < -0.4 is 0 Å². The van der Waals surface area contributed by atoms with Gasteiger partial charge in [-0.05, 0) is 0 Å². The van der Waals surface area contributed by atoms with E-state index in [0.717, 1.165) is 0 Å². The summed E-state index contributed by atoms with van der Waals surface area (Å²) in [4.78, 5) is 0. The van der Waals surface area contributed by atoms with E-state index in [4.69, 9.17) is 36.8 Å². The summed E-state index contributed by atoms with van der Waals surface area (Å²) in [6.07, 6.45) is 0. The fourth-order valence-corrected chi connectivity index (χ4v) is 0. The van der Waals surface area contributed by atoms with Crippen molar-refractivity contribution in [2.75, 3.05) is 0 Å². The summed E-state index contributed by atoms with van der Waals surface area (Å²) in [5.41, 5.74) is 0. The van der Waals surface area contributed by atoms with Crippen molar-refractivity contribution >= 4 is 36.8 Å².